The number of anilines is 1. The molecule has 2 aromatic heterocycles. The molecule has 96 valence electrons. The zero-order valence-electron chi connectivity index (χ0n) is 10.1. The van der Waals surface area contributed by atoms with E-state index < -0.39 is 0 Å². The highest BCUT2D eigenvalue weighted by Gasteiger charge is 2.16. The lowest BCUT2D eigenvalue weighted by atomic mass is 10.2. The maximum atomic E-state index is 4.43. The molecular weight excluding hydrogens is 310 g/mol. The first kappa shape index (κ1) is 12.2. The Hall–Kier alpha value is -0.810. The molecule has 1 saturated carbocycles. The molecule has 3 rings (SSSR count). The second-order valence-corrected chi connectivity index (χ2v) is 7.26. The van der Waals surface area contributed by atoms with Gasteiger partial charge in [-0.3, -0.25) is 0 Å². The van der Waals surface area contributed by atoms with E-state index in [-0.39, 0.29) is 0 Å². The van der Waals surface area contributed by atoms with E-state index in [1.807, 2.05) is 12.4 Å². The van der Waals surface area contributed by atoms with Crippen LogP contribution in [0.1, 0.15) is 30.6 Å². The summed E-state index contributed by atoms with van der Waals surface area (Å²) in [7, 11) is 0. The van der Waals surface area contributed by atoms with Crippen molar-refractivity contribution in [3.8, 4) is 0 Å². The SMILES string of the molecule is Brc1ccc(Cn2ccnc2NC2CCCC2)s1. The quantitative estimate of drug-likeness (QED) is 0.916. The number of hydrogen-bond donors (Lipinski definition) is 1. The van der Waals surface area contributed by atoms with Gasteiger partial charge in [0.1, 0.15) is 0 Å². The minimum absolute atomic E-state index is 0.612. The Labute approximate surface area is 119 Å². The standard InChI is InChI=1S/C13H16BrN3S/c14-12-6-5-11(18-12)9-17-8-7-15-13(17)16-10-3-1-2-4-10/h5-8,10H,1-4,9H2,(H,15,16). The number of aromatic nitrogens is 2. The molecule has 1 aliphatic carbocycles. The molecule has 0 radical (unpaired) electrons. The summed E-state index contributed by atoms with van der Waals surface area (Å²) in [6.45, 7) is 0.894. The fraction of sp³-hybridized carbons (Fsp3) is 0.462. The van der Waals surface area contributed by atoms with E-state index in [4.69, 9.17) is 0 Å². The van der Waals surface area contributed by atoms with Crippen LogP contribution >= 0.6 is 27.3 Å². The third kappa shape index (κ3) is 2.78. The Bertz CT molecular complexity index is 514. The van der Waals surface area contributed by atoms with Crippen molar-refractivity contribution >= 4 is 33.2 Å². The fourth-order valence-corrected chi connectivity index (χ4v) is 3.92. The summed E-state index contributed by atoms with van der Waals surface area (Å²) in [5, 5.41) is 3.56. The Morgan fingerprint density at radius 1 is 1.39 bits per heavy atom. The Balaban J connectivity index is 1.70. The number of rotatable bonds is 4. The van der Waals surface area contributed by atoms with Gasteiger partial charge in [-0.25, -0.2) is 4.98 Å². The van der Waals surface area contributed by atoms with Gasteiger partial charge in [0.25, 0.3) is 0 Å². The van der Waals surface area contributed by atoms with Crippen molar-refractivity contribution in [3.63, 3.8) is 0 Å². The van der Waals surface area contributed by atoms with Gasteiger partial charge in [-0.2, -0.15) is 0 Å². The molecule has 0 spiro atoms. The van der Waals surface area contributed by atoms with E-state index in [1.165, 1.54) is 34.3 Å². The molecule has 1 fully saturated rings. The average Bonchev–Trinajstić information content (AvgIpc) is 3.05. The third-order valence-corrected chi connectivity index (χ3v) is 4.97. The van der Waals surface area contributed by atoms with Gasteiger partial charge >= 0.3 is 0 Å². The monoisotopic (exact) mass is 325 g/mol. The molecule has 0 aromatic carbocycles. The molecule has 0 amide bonds. The zero-order valence-corrected chi connectivity index (χ0v) is 12.5. The molecule has 3 nitrogen and oxygen atoms in total. The van der Waals surface area contributed by atoms with E-state index in [0.717, 1.165) is 12.5 Å². The molecular formula is C13H16BrN3S. The van der Waals surface area contributed by atoms with Crippen molar-refractivity contribution < 1.29 is 0 Å². The number of imidazole rings is 1. The van der Waals surface area contributed by atoms with Crippen LogP contribution in [-0.4, -0.2) is 15.6 Å². The predicted octanol–water partition coefficient (Wildman–Crippen LogP) is 4.11. The first-order chi connectivity index (χ1) is 8.81. The first-order valence-corrected chi connectivity index (χ1v) is 7.94. The van der Waals surface area contributed by atoms with E-state index in [1.54, 1.807) is 11.3 Å². The fourth-order valence-electron chi connectivity index (χ4n) is 2.43. The van der Waals surface area contributed by atoms with Crippen LogP contribution < -0.4 is 5.32 Å². The number of hydrogen-bond acceptors (Lipinski definition) is 3. The minimum atomic E-state index is 0.612. The Morgan fingerprint density at radius 2 is 2.22 bits per heavy atom. The largest absolute Gasteiger partial charge is 0.353 e. The number of thiophene rings is 1. The lowest BCUT2D eigenvalue weighted by Crippen LogP contribution is -2.18. The summed E-state index contributed by atoms with van der Waals surface area (Å²) in [4.78, 5) is 5.77. The molecule has 0 bridgehead atoms. The summed E-state index contributed by atoms with van der Waals surface area (Å²) in [6.07, 6.45) is 9.16. The van der Waals surface area contributed by atoms with E-state index in [2.05, 4.69) is 42.9 Å². The molecule has 2 aromatic rings. The van der Waals surface area contributed by atoms with Crippen molar-refractivity contribution in [2.45, 2.75) is 38.3 Å². The van der Waals surface area contributed by atoms with Crippen molar-refractivity contribution in [2.75, 3.05) is 5.32 Å². The van der Waals surface area contributed by atoms with Gasteiger partial charge in [0, 0.05) is 23.3 Å². The summed E-state index contributed by atoms with van der Waals surface area (Å²) < 4.78 is 3.37. The van der Waals surface area contributed by atoms with Crippen LogP contribution in [0.25, 0.3) is 0 Å². The lowest BCUT2D eigenvalue weighted by Gasteiger charge is -2.14. The maximum absolute atomic E-state index is 4.43. The van der Waals surface area contributed by atoms with Gasteiger partial charge in [0.2, 0.25) is 5.95 Å². The summed E-state index contributed by atoms with van der Waals surface area (Å²) in [5.74, 6) is 1.01. The topological polar surface area (TPSA) is 29.9 Å². The normalized spacial score (nSPS) is 16.3. The number of nitrogens with one attached hydrogen (secondary N) is 1. The number of halogens is 1. The molecule has 0 saturated heterocycles. The second-order valence-electron chi connectivity index (χ2n) is 4.71. The van der Waals surface area contributed by atoms with Crippen LogP contribution in [0.2, 0.25) is 0 Å². The van der Waals surface area contributed by atoms with E-state index >= 15 is 0 Å². The highest BCUT2D eigenvalue weighted by Crippen LogP contribution is 2.25. The smallest absolute Gasteiger partial charge is 0.203 e. The molecule has 0 aliphatic heterocycles. The van der Waals surface area contributed by atoms with Gasteiger partial charge in [-0.15, -0.1) is 11.3 Å². The maximum Gasteiger partial charge on any atom is 0.203 e. The molecule has 0 atom stereocenters. The summed E-state index contributed by atoms with van der Waals surface area (Å²) in [5.41, 5.74) is 0. The van der Waals surface area contributed by atoms with Crippen LogP contribution in [-0.2, 0) is 6.54 Å². The van der Waals surface area contributed by atoms with E-state index in [0.29, 0.717) is 6.04 Å². The van der Waals surface area contributed by atoms with Gasteiger partial charge in [0.15, 0.2) is 0 Å². The Kier molecular flexibility index (Phi) is 3.70. The highest BCUT2D eigenvalue weighted by atomic mass is 79.9. The summed E-state index contributed by atoms with van der Waals surface area (Å²) >= 11 is 5.28. The van der Waals surface area contributed by atoms with Crippen molar-refractivity contribution in [3.05, 3.63) is 33.2 Å². The van der Waals surface area contributed by atoms with Crippen molar-refractivity contribution in [2.24, 2.45) is 0 Å². The van der Waals surface area contributed by atoms with Crippen LogP contribution in [0, 0.1) is 0 Å². The summed E-state index contributed by atoms with van der Waals surface area (Å²) in [6, 6.07) is 4.87. The molecule has 1 aliphatic rings. The molecule has 18 heavy (non-hydrogen) atoms. The zero-order chi connectivity index (χ0) is 12.4. The van der Waals surface area contributed by atoms with Crippen LogP contribution in [0.4, 0.5) is 5.95 Å². The van der Waals surface area contributed by atoms with Crippen molar-refractivity contribution in [1.82, 2.24) is 9.55 Å². The average molecular weight is 326 g/mol. The van der Waals surface area contributed by atoms with Gasteiger partial charge in [0.05, 0.1) is 10.3 Å². The highest BCUT2D eigenvalue weighted by molar-refractivity contribution is 9.11. The van der Waals surface area contributed by atoms with Gasteiger partial charge < -0.3 is 9.88 Å². The molecule has 0 unspecified atom stereocenters. The van der Waals surface area contributed by atoms with Crippen molar-refractivity contribution in [1.29, 1.82) is 0 Å². The van der Waals surface area contributed by atoms with E-state index in [9.17, 15) is 0 Å². The predicted molar refractivity (Wildman–Crippen MR) is 79.2 cm³/mol. The molecule has 2 heterocycles. The number of nitrogens with zero attached hydrogens (tertiary/aromatic N) is 2. The first-order valence-electron chi connectivity index (χ1n) is 6.33. The molecule has 5 heteroatoms. The van der Waals surface area contributed by atoms with Crippen LogP contribution in [0.15, 0.2) is 28.3 Å². The molecule has 1 N–H and O–H groups in total. The van der Waals surface area contributed by atoms with Gasteiger partial charge in [-0.1, -0.05) is 12.8 Å². The lowest BCUT2D eigenvalue weighted by molar-refractivity contribution is 0.719. The second kappa shape index (κ2) is 5.45. The van der Waals surface area contributed by atoms with Crippen LogP contribution in [0.5, 0.6) is 0 Å². The van der Waals surface area contributed by atoms with Crippen LogP contribution in [0.3, 0.4) is 0 Å². The Morgan fingerprint density at radius 3 is 2.94 bits per heavy atom. The third-order valence-electron chi connectivity index (χ3n) is 3.36. The minimum Gasteiger partial charge on any atom is -0.353 e. The van der Waals surface area contributed by atoms with Gasteiger partial charge in [-0.05, 0) is 40.9 Å².